The number of carbonyl (C=O) groups is 1. The van der Waals surface area contributed by atoms with Gasteiger partial charge in [-0.1, -0.05) is 13.8 Å². The summed E-state index contributed by atoms with van der Waals surface area (Å²) in [5, 5.41) is 19.3. The highest BCUT2D eigenvalue weighted by Gasteiger charge is 2.29. The first-order valence-corrected chi connectivity index (χ1v) is 9.90. The number of carboxylic acids is 1. The van der Waals surface area contributed by atoms with Gasteiger partial charge in [-0.05, 0) is 30.0 Å². The maximum atomic E-state index is 12.4. The molecule has 0 spiro atoms. The first kappa shape index (κ1) is 19.7. The van der Waals surface area contributed by atoms with E-state index in [1.54, 1.807) is 0 Å². The molecule has 0 unspecified atom stereocenters. The molecule has 2 aliphatic rings. The Labute approximate surface area is 168 Å². The van der Waals surface area contributed by atoms with E-state index in [-0.39, 0.29) is 30.2 Å². The maximum absolute atomic E-state index is 12.4. The lowest BCUT2D eigenvalue weighted by atomic mass is 9.86. The Morgan fingerprint density at radius 1 is 1.34 bits per heavy atom. The van der Waals surface area contributed by atoms with Gasteiger partial charge in [-0.3, -0.25) is 4.79 Å². The van der Waals surface area contributed by atoms with Crippen molar-refractivity contribution < 1.29 is 24.5 Å². The number of nitrogens with zero attached hydrogens (tertiary/aromatic N) is 1. The highest BCUT2D eigenvalue weighted by molar-refractivity contribution is 5.87. The second-order valence-corrected chi connectivity index (χ2v) is 8.04. The van der Waals surface area contributed by atoms with Gasteiger partial charge in [-0.15, -0.1) is 0 Å². The molecular weight excluding hydrogens is 374 g/mol. The molecule has 2 aromatic rings. The fourth-order valence-corrected chi connectivity index (χ4v) is 4.17. The predicted octanol–water partition coefficient (Wildman–Crippen LogP) is 2.63. The van der Waals surface area contributed by atoms with E-state index < -0.39 is 11.4 Å². The van der Waals surface area contributed by atoms with E-state index in [0.29, 0.717) is 36.6 Å². The van der Waals surface area contributed by atoms with Crippen molar-refractivity contribution in [2.75, 3.05) is 13.2 Å². The molecule has 3 heterocycles. The Morgan fingerprint density at radius 2 is 2.14 bits per heavy atom. The van der Waals surface area contributed by atoms with Crippen molar-refractivity contribution in [2.24, 2.45) is 5.92 Å². The third-order valence-corrected chi connectivity index (χ3v) is 5.78. The van der Waals surface area contributed by atoms with Crippen LogP contribution >= 0.6 is 0 Å². The van der Waals surface area contributed by atoms with Gasteiger partial charge in [0.05, 0.1) is 25.5 Å². The number of rotatable bonds is 5. The number of aromatic carboxylic acids is 1. The van der Waals surface area contributed by atoms with Crippen LogP contribution in [-0.2, 0) is 17.8 Å². The van der Waals surface area contributed by atoms with Gasteiger partial charge in [-0.25, -0.2) is 4.79 Å². The molecular formula is C22H25NO6. The average Bonchev–Trinajstić information content (AvgIpc) is 3.19. The molecule has 0 amide bonds. The molecule has 154 valence electrons. The third-order valence-electron chi connectivity index (χ3n) is 5.78. The van der Waals surface area contributed by atoms with Gasteiger partial charge in [0.1, 0.15) is 17.4 Å². The van der Waals surface area contributed by atoms with Crippen molar-refractivity contribution in [3.8, 4) is 17.0 Å². The Balaban J connectivity index is 1.86. The minimum absolute atomic E-state index is 0.0128. The fraction of sp³-hybridized carbons (Fsp3) is 0.455. The van der Waals surface area contributed by atoms with Gasteiger partial charge in [0, 0.05) is 35.9 Å². The molecule has 29 heavy (non-hydrogen) atoms. The highest BCUT2D eigenvalue weighted by Crippen LogP contribution is 2.40. The summed E-state index contributed by atoms with van der Waals surface area (Å²) in [5.41, 5.74) is 2.41. The first-order chi connectivity index (χ1) is 13.9. The molecule has 7 nitrogen and oxygen atoms in total. The van der Waals surface area contributed by atoms with E-state index in [9.17, 15) is 19.8 Å². The molecule has 0 bridgehead atoms. The fourth-order valence-electron chi connectivity index (χ4n) is 4.17. The quantitative estimate of drug-likeness (QED) is 0.802. The van der Waals surface area contributed by atoms with Crippen LogP contribution in [0.25, 0.3) is 11.3 Å². The Hall–Kier alpha value is -2.64. The Kier molecular flexibility index (Phi) is 5.19. The summed E-state index contributed by atoms with van der Waals surface area (Å²) in [6, 6.07) is 5.21. The Morgan fingerprint density at radius 3 is 2.76 bits per heavy atom. The van der Waals surface area contributed by atoms with Crippen LogP contribution in [0.5, 0.6) is 5.75 Å². The summed E-state index contributed by atoms with van der Waals surface area (Å²) in [6.07, 6.45) is 2.92. The molecule has 1 fully saturated rings. The molecule has 0 saturated carbocycles. The molecule has 2 atom stereocenters. The number of aliphatic hydroxyl groups excluding tert-OH is 1. The molecule has 7 heteroatoms. The van der Waals surface area contributed by atoms with Gasteiger partial charge >= 0.3 is 5.97 Å². The van der Waals surface area contributed by atoms with Crippen LogP contribution in [0.1, 0.15) is 47.8 Å². The number of fused-ring (bicyclic) bond motifs is 3. The van der Waals surface area contributed by atoms with E-state index >= 15 is 0 Å². The topological polar surface area (TPSA) is 98.0 Å². The standard InChI is InChI=1S/C22H25NO6/c1-12(2)18-6-13-7-21(29-15-3-4-28-11-15)14(10-24)5-16(13)19-8-20(25)17(22(26)27)9-23(18)19/h5,7-9,12,15,18,24H,3-4,6,10-11H2,1-2H3,(H,26,27)/t15-,18+/m1/s1. The zero-order valence-corrected chi connectivity index (χ0v) is 16.6. The van der Waals surface area contributed by atoms with Gasteiger partial charge in [0.25, 0.3) is 0 Å². The molecule has 1 aromatic carbocycles. The largest absolute Gasteiger partial charge is 0.488 e. The third kappa shape index (κ3) is 3.56. The molecule has 2 aliphatic heterocycles. The van der Waals surface area contributed by atoms with Crippen LogP contribution < -0.4 is 10.2 Å². The predicted molar refractivity (Wildman–Crippen MR) is 106 cm³/mol. The van der Waals surface area contributed by atoms with E-state index in [1.165, 1.54) is 12.3 Å². The second-order valence-electron chi connectivity index (χ2n) is 8.04. The smallest absolute Gasteiger partial charge is 0.341 e. The van der Waals surface area contributed by atoms with Crippen LogP contribution in [-0.4, -0.2) is 40.1 Å². The Bertz CT molecular complexity index is 1000. The summed E-state index contributed by atoms with van der Waals surface area (Å²) in [6.45, 7) is 5.16. The number of aromatic nitrogens is 1. The van der Waals surface area contributed by atoms with Crippen molar-refractivity contribution in [2.45, 2.75) is 45.4 Å². The zero-order chi connectivity index (χ0) is 20.7. The molecule has 1 saturated heterocycles. The lowest BCUT2D eigenvalue weighted by Crippen LogP contribution is -2.28. The monoisotopic (exact) mass is 399 g/mol. The van der Waals surface area contributed by atoms with Gasteiger partial charge < -0.3 is 24.3 Å². The summed E-state index contributed by atoms with van der Waals surface area (Å²) < 4.78 is 13.4. The van der Waals surface area contributed by atoms with E-state index in [2.05, 4.69) is 13.8 Å². The maximum Gasteiger partial charge on any atom is 0.341 e. The molecule has 1 aromatic heterocycles. The molecule has 2 N–H and O–H groups in total. The number of hydrogen-bond donors (Lipinski definition) is 2. The van der Waals surface area contributed by atoms with E-state index in [1.807, 2.05) is 16.7 Å². The zero-order valence-electron chi connectivity index (χ0n) is 16.6. The summed E-state index contributed by atoms with van der Waals surface area (Å²) in [5.74, 6) is -0.351. The van der Waals surface area contributed by atoms with Crippen molar-refractivity contribution >= 4 is 5.97 Å². The van der Waals surface area contributed by atoms with Crippen molar-refractivity contribution in [1.29, 1.82) is 0 Å². The average molecular weight is 399 g/mol. The minimum atomic E-state index is -1.22. The number of carboxylic acid groups (broad SMARTS) is 1. The number of ether oxygens (including phenoxy) is 2. The second kappa shape index (κ2) is 7.65. The lowest BCUT2D eigenvalue weighted by Gasteiger charge is -2.34. The first-order valence-electron chi connectivity index (χ1n) is 9.90. The van der Waals surface area contributed by atoms with Crippen molar-refractivity contribution in [1.82, 2.24) is 4.57 Å². The van der Waals surface area contributed by atoms with Crippen molar-refractivity contribution in [3.63, 3.8) is 0 Å². The van der Waals surface area contributed by atoms with Gasteiger partial charge in [0.15, 0.2) is 5.43 Å². The van der Waals surface area contributed by atoms with E-state index in [0.717, 1.165) is 17.5 Å². The van der Waals surface area contributed by atoms with Crippen LogP contribution in [0.3, 0.4) is 0 Å². The van der Waals surface area contributed by atoms with Crippen LogP contribution in [0.15, 0.2) is 29.2 Å². The van der Waals surface area contributed by atoms with E-state index in [4.69, 9.17) is 9.47 Å². The lowest BCUT2D eigenvalue weighted by molar-refractivity contribution is 0.0694. The highest BCUT2D eigenvalue weighted by atomic mass is 16.5. The summed E-state index contributed by atoms with van der Waals surface area (Å²) in [7, 11) is 0. The number of benzene rings is 1. The number of aliphatic hydroxyl groups is 1. The number of pyridine rings is 1. The molecule has 4 rings (SSSR count). The SMILES string of the molecule is CC(C)[C@@H]1Cc2cc(O[C@@H]3CCOC3)c(CO)cc2-c2cc(=O)c(C(=O)O)cn21. The normalized spacial score (nSPS) is 20.4. The van der Waals surface area contributed by atoms with Crippen LogP contribution in [0, 0.1) is 5.92 Å². The summed E-state index contributed by atoms with van der Waals surface area (Å²) >= 11 is 0. The van der Waals surface area contributed by atoms with Gasteiger partial charge in [-0.2, -0.15) is 0 Å². The number of hydrogen-bond acceptors (Lipinski definition) is 5. The minimum Gasteiger partial charge on any atom is -0.488 e. The van der Waals surface area contributed by atoms with Gasteiger partial charge in [0.2, 0.25) is 0 Å². The molecule has 0 aliphatic carbocycles. The van der Waals surface area contributed by atoms with Crippen molar-refractivity contribution in [3.05, 3.63) is 51.3 Å². The van der Waals surface area contributed by atoms with Crippen LogP contribution in [0.4, 0.5) is 0 Å². The van der Waals surface area contributed by atoms with Crippen LogP contribution in [0.2, 0.25) is 0 Å². The summed E-state index contributed by atoms with van der Waals surface area (Å²) in [4.78, 5) is 23.9. The molecule has 0 radical (unpaired) electrons.